The zero-order chi connectivity index (χ0) is 21.6. The Hall–Kier alpha value is -3.74. The summed E-state index contributed by atoms with van der Waals surface area (Å²) in [5.74, 6) is 0.537. The van der Waals surface area contributed by atoms with E-state index in [-0.39, 0.29) is 12.2 Å². The first kappa shape index (κ1) is 21.0. The highest BCUT2D eigenvalue weighted by molar-refractivity contribution is 5.87. The molecule has 3 rings (SSSR count). The van der Waals surface area contributed by atoms with E-state index in [1.807, 2.05) is 0 Å². The second-order valence-corrected chi connectivity index (χ2v) is 6.24. The van der Waals surface area contributed by atoms with Crippen molar-refractivity contribution in [3.63, 3.8) is 0 Å². The average Bonchev–Trinajstić information content (AvgIpc) is 2.72. The Balaban J connectivity index is 1.55. The zero-order valence-corrected chi connectivity index (χ0v) is 15.6. The van der Waals surface area contributed by atoms with Gasteiger partial charge in [0.1, 0.15) is 23.9 Å². The van der Waals surface area contributed by atoms with Gasteiger partial charge in [0.05, 0.1) is 11.1 Å². The maximum absolute atomic E-state index is 12.6. The molecule has 0 fully saturated rings. The smallest absolute Gasteiger partial charge is 0.416 e. The predicted octanol–water partition coefficient (Wildman–Crippen LogP) is 6.29. The Labute approximate surface area is 170 Å². The van der Waals surface area contributed by atoms with E-state index in [2.05, 4.69) is 0 Å². The number of carboxylic acids is 1. The third-order valence-electron chi connectivity index (χ3n) is 4.04. The molecule has 0 heterocycles. The lowest BCUT2D eigenvalue weighted by molar-refractivity contribution is -0.137. The maximum atomic E-state index is 12.6. The number of rotatable bonds is 7. The summed E-state index contributed by atoms with van der Waals surface area (Å²) < 4.78 is 49.0. The molecule has 0 bridgehead atoms. The van der Waals surface area contributed by atoms with Gasteiger partial charge in [-0.15, -0.1) is 0 Å². The lowest BCUT2D eigenvalue weighted by atomic mass is 10.1. The van der Waals surface area contributed by atoms with Crippen molar-refractivity contribution in [2.75, 3.05) is 6.61 Å². The fraction of sp³-hybridized carbons (Fsp3) is 0.0870. The molecule has 0 saturated carbocycles. The Bertz CT molecular complexity index is 1020. The van der Waals surface area contributed by atoms with Crippen LogP contribution in [0.4, 0.5) is 13.2 Å². The van der Waals surface area contributed by atoms with Crippen LogP contribution in [-0.4, -0.2) is 17.7 Å². The van der Waals surface area contributed by atoms with Crippen LogP contribution in [0.1, 0.15) is 21.5 Å². The van der Waals surface area contributed by atoms with E-state index < -0.39 is 17.7 Å². The second-order valence-electron chi connectivity index (χ2n) is 6.24. The summed E-state index contributed by atoms with van der Waals surface area (Å²) >= 11 is 0. The second kappa shape index (κ2) is 9.17. The van der Waals surface area contributed by atoms with Crippen molar-refractivity contribution in [3.05, 3.63) is 95.6 Å². The van der Waals surface area contributed by atoms with Crippen LogP contribution < -0.4 is 9.47 Å². The molecule has 0 radical (unpaired) electrons. The normalized spacial score (nSPS) is 11.4. The number of hydrogen-bond acceptors (Lipinski definition) is 3. The van der Waals surface area contributed by atoms with Crippen molar-refractivity contribution in [2.45, 2.75) is 6.18 Å². The highest BCUT2D eigenvalue weighted by Crippen LogP contribution is 2.29. The third kappa shape index (κ3) is 5.88. The Kier molecular flexibility index (Phi) is 6.41. The van der Waals surface area contributed by atoms with E-state index in [1.54, 1.807) is 48.6 Å². The monoisotopic (exact) mass is 414 g/mol. The number of hydrogen-bond donors (Lipinski definition) is 1. The molecule has 4 nitrogen and oxygen atoms in total. The molecule has 0 amide bonds. The first-order valence-electron chi connectivity index (χ1n) is 8.89. The summed E-state index contributed by atoms with van der Waals surface area (Å²) in [6.45, 7) is 0.220. The zero-order valence-electron chi connectivity index (χ0n) is 15.6. The SMILES string of the molecule is O=C(O)c1ccc(Oc2cccc(OC/C=C/c3ccc(C(F)(F)F)cc3)c2)cc1. The lowest BCUT2D eigenvalue weighted by Gasteiger charge is -2.08. The van der Waals surface area contributed by atoms with Crippen LogP contribution in [0.2, 0.25) is 0 Å². The first-order chi connectivity index (χ1) is 14.3. The Morgan fingerprint density at radius 1 is 0.900 bits per heavy atom. The number of alkyl halides is 3. The highest BCUT2D eigenvalue weighted by Gasteiger charge is 2.29. The van der Waals surface area contributed by atoms with Gasteiger partial charge in [-0.2, -0.15) is 13.2 Å². The van der Waals surface area contributed by atoms with Gasteiger partial charge in [-0.25, -0.2) is 4.79 Å². The standard InChI is InChI=1S/C23H17F3O4/c24-23(25,26)18-10-6-16(7-11-18)3-2-14-29-20-4-1-5-21(15-20)30-19-12-8-17(9-13-19)22(27)28/h1-13,15H,14H2,(H,27,28)/b3-2+. The molecule has 3 aromatic carbocycles. The molecule has 7 heteroatoms. The van der Waals surface area contributed by atoms with Gasteiger partial charge in [0.25, 0.3) is 0 Å². The summed E-state index contributed by atoms with van der Waals surface area (Å²) in [6.07, 6.45) is -0.984. The highest BCUT2D eigenvalue weighted by atomic mass is 19.4. The summed E-state index contributed by atoms with van der Waals surface area (Å²) in [7, 11) is 0. The third-order valence-corrected chi connectivity index (χ3v) is 4.04. The van der Waals surface area contributed by atoms with E-state index >= 15 is 0 Å². The fourth-order valence-electron chi connectivity index (χ4n) is 2.54. The topological polar surface area (TPSA) is 55.8 Å². The van der Waals surface area contributed by atoms with Crippen LogP contribution in [0.15, 0.2) is 78.9 Å². The van der Waals surface area contributed by atoms with E-state index in [1.165, 1.54) is 24.3 Å². The number of carbonyl (C=O) groups is 1. The van der Waals surface area contributed by atoms with Gasteiger partial charge in [0, 0.05) is 6.07 Å². The Morgan fingerprint density at radius 3 is 2.20 bits per heavy atom. The molecule has 3 aromatic rings. The van der Waals surface area contributed by atoms with E-state index in [0.717, 1.165) is 12.1 Å². The van der Waals surface area contributed by atoms with Gasteiger partial charge in [-0.1, -0.05) is 24.3 Å². The van der Waals surface area contributed by atoms with Gasteiger partial charge >= 0.3 is 12.1 Å². The molecule has 0 saturated heterocycles. The number of carboxylic acid groups (broad SMARTS) is 1. The van der Waals surface area contributed by atoms with Crippen LogP contribution in [0.25, 0.3) is 6.08 Å². The molecule has 0 spiro atoms. The molecular weight excluding hydrogens is 397 g/mol. The van der Waals surface area contributed by atoms with Gasteiger partial charge in [0.2, 0.25) is 0 Å². The van der Waals surface area contributed by atoms with Crippen LogP contribution in [-0.2, 0) is 6.18 Å². The van der Waals surface area contributed by atoms with Crippen molar-refractivity contribution in [2.24, 2.45) is 0 Å². The number of aromatic carboxylic acids is 1. The van der Waals surface area contributed by atoms with Crippen molar-refractivity contribution in [1.82, 2.24) is 0 Å². The molecule has 0 unspecified atom stereocenters. The molecule has 0 atom stereocenters. The first-order valence-corrected chi connectivity index (χ1v) is 8.89. The van der Waals surface area contributed by atoms with Gasteiger partial charge < -0.3 is 14.6 Å². The largest absolute Gasteiger partial charge is 0.489 e. The molecule has 0 aliphatic carbocycles. The van der Waals surface area contributed by atoms with Crippen LogP contribution in [0.5, 0.6) is 17.2 Å². The average molecular weight is 414 g/mol. The number of halogens is 3. The summed E-state index contributed by atoms with van der Waals surface area (Å²) in [5, 5.41) is 8.91. The summed E-state index contributed by atoms with van der Waals surface area (Å²) in [6, 6.07) is 17.8. The molecule has 0 aliphatic heterocycles. The van der Waals surface area contributed by atoms with E-state index in [4.69, 9.17) is 14.6 Å². The molecular formula is C23H17F3O4. The molecule has 0 aromatic heterocycles. The Morgan fingerprint density at radius 2 is 1.57 bits per heavy atom. The van der Waals surface area contributed by atoms with E-state index in [9.17, 15) is 18.0 Å². The van der Waals surface area contributed by atoms with Gasteiger partial charge in [-0.3, -0.25) is 0 Å². The van der Waals surface area contributed by atoms with Crippen molar-refractivity contribution in [1.29, 1.82) is 0 Å². The van der Waals surface area contributed by atoms with Crippen molar-refractivity contribution in [3.8, 4) is 17.2 Å². The van der Waals surface area contributed by atoms with Gasteiger partial charge in [-0.05, 0) is 60.2 Å². The minimum absolute atomic E-state index is 0.166. The number of benzene rings is 3. The molecule has 1 N–H and O–H groups in total. The maximum Gasteiger partial charge on any atom is 0.416 e. The summed E-state index contributed by atoms with van der Waals surface area (Å²) in [4.78, 5) is 10.9. The van der Waals surface area contributed by atoms with Crippen molar-refractivity contribution < 1.29 is 32.5 Å². The van der Waals surface area contributed by atoms with Crippen LogP contribution in [0, 0.1) is 0 Å². The minimum Gasteiger partial charge on any atom is -0.489 e. The van der Waals surface area contributed by atoms with E-state index in [0.29, 0.717) is 22.8 Å². The molecule has 0 aliphatic rings. The molecule has 154 valence electrons. The summed E-state index contributed by atoms with van der Waals surface area (Å²) in [5.41, 5.74) is 0.109. The fourth-order valence-corrected chi connectivity index (χ4v) is 2.54. The molecule has 30 heavy (non-hydrogen) atoms. The predicted molar refractivity (Wildman–Crippen MR) is 106 cm³/mol. The van der Waals surface area contributed by atoms with Crippen molar-refractivity contribution >= 4 is 12.0 Å². The van der Waals surface area contributed by atoms with Crippen LogP contribution >= 0.6 is 0 Å². The minimum atomic E-state index is -4.35. The quantitative estimate of drug-likeness (QED) is 0.494. The lowest BCUT2D eigenvalue weighted by Crippen LogP contribution is -2.03. The van der Waals surface area contributed by atoms with Crippen LogP contribution in [0.3, 0.4) is 0 Å². The van der Waals surface area contributed by atoms with Gasteiger partial charge in [0.15, 0.2) is 0 Å². The number of ether oxygens (including phenoxy) is 2.